The van der Waals surface area contributed by atoms with Crippen LogP contribution in [0.4, 0.5) is 17.1 Å². The van der Waals surface area contributed by atoms with E-state index in [-0.39, 0.29) is 18.3 Å². The summed E-state index contributed by atoms with van der Waals surface area (Å²) in [5.74, 6) is 0. The number of benzene rings is 1. The average Bonchev–Trinajstić information content (AvgIpc) is 2.53. The summed E-state index contributed by atoms with van der Waals surface area (Å²) >= 11 is 0. The largest absolute Gasteiger partial charge is 0.394 e. The second-order valence-electron chi connectivity index (χ2n) is 4.99. The first kappa shape index (κ1) is 15.5. The molecule has 21 heavy (non-hydrogen) atoms. The molecule has 1 heterocycles. The lowest BCUT2D eigenvalue weighted by molar-refractivity contribution is -0.384. The minimum absolute atomic E-state index is 0.0268. The summed E-state index contributed by atoms with van der Waals surface area (Å²) < 4.78 is 5.31. The molecule has 0 bridgehead atoms. The summed E-state index contributed by atoms with van der Waals surface area (Å²) in [7, 11) is 0. The summed E-state index contributed by atoms with van der Waals surface area (Å²) in [6.07, 6.45) is 0.690. The van der Waals surface area contributed by atoms with Crippen molar-refractivity contribution in [1.82, 2.24) is 0 Å². The molecule has 1 aromatic carbocycles. The summed E-state index contributed by atoms with van der Waals surface area (Å²) in [5, 5.41) is 23.5. The van der Waals surface area contributed by atoms with Crippen molar-refractivity contribution in [2.24, 2.45) is 0 Å². The van der Waals surface area contributed by atoms with Crippen molar-refractivity contribution in [3.8, 4) is 0 Å². The monoisotopic (exact) mass is 295 g/mol. The summed E-state index contributed by atoms with van der Waals surface area (Å²) in [5.41, 5.74) is 1.41. The second kappa shape index (κ2) is 7.24. The molecule has 7 nitrogen and oxygen atoms in total. The highest BCUT2D eigenvalue weighted by Crippen LogP contribution is 2.30. The van der Waals surface area contributed by atoms with Gasteiger partial charge < -0.3 is 20.1 Å². The zero-order chi connectivity index (χ0) is 15.2. The maximum absolute atomic E-state index is 11.1. The molecule has 0 aromatic heterocycles. The van der Waals surface area contributed by atoms with Crippen LogP contribution in [0, 0.1) is 10.1 Å². The number of hydrogen-bond donors (Lipinski definition) is 2. The third-order valence-corrected chi connectivity index (χ3v) is 3.63. The molecule has 116 valence electrons. The first-order valence-corrected chi connectivity index (χ1v) is 7.14. The lowest BCUT2D eigenvalue weighted by Gasteiger charge is -2.29. The molecule has 7 heteroatoms. The van der Waals surface area contributed by atoms with Crippen molar-refractivity contribution in [2.45, 2.75) is 19.4 Å². The Balaban J connectivity index is 2.26. The summed E-state index contributed by atoms with van der Waals surface area (Å²) in [6.45, 7) is 4.73. The fourth-order valence-electron chi connectivity index (χ4n) is 2.31. The highest BCUT2D eigenvalue weighted by atomic mass is 16.6. The average molecular weight is 295 g/mol. The number of ether oxygens (including phenoxy) is 1. The van der Waals surface area contributed by atoms with E-state index in [1.54, 1.807) is 12.1 Å². The van der Waals surface area contributed by atoms with Gasteiger partial charge >= 0.3 is 0 Å². The minimum atomic E-state index is -0.407. The zero-order valence-electron chi connectivity index (χ0n) is 12.1. The Morgan fingerprint density at radius 2 is 2.19 bits per heavy atom. The maximum Gasteiger partial charge on any atom is 0.292 e. The molecule has 0 spiro atoms. The molecule has 2 rings (SSSR count). The van der Waals surface area contributed by atoms with Gasteiger partial charge in [-0.05, 0) is 18.6 Å². The Morgan fingerprint density at radius 1 is 1.48 bits per heavy atom. The van der Waals surface area contributed by atoms with Crippen molar-refractivity contribution in [3.63, 3.8) is 0 Å². The van der Waals surface area contributed by atoms with E-state index in [1.165, 1.54) is 6.07 Å². The van der Waals surface area contributed by atoms with Gasteiger partial charge in [0.1, 0.15) is 5.69 Å². The van der Waals surface area contributed by atoms with Crippen LogP contribution in [0.2, 0.25) is 0 Å². The molecule has 0 unspecified atom stereocenters. The van der Waals surface area contributed by atoms with E-state index in [0.717, 1.165) is 18.8 Å². The zero-order valence-corrected chi connectivity index (χ0v) is 12.1. The number of aliphatic hydroxyl groups excluding tert-OH is 1. The lowest BCUT2D eigenvalue weighted by atomic mass is 10.1. The number of nitro benzene ring substituents is 1. The third-order valence-electron chi connectivity index (χ3n) is 3.63. The van der Waals surface area contributed by atoms with E-state index in [2.05, 4.69) is 10.2 Å². The van der Waals surface area contributed by atoms with Crippen molar-refractivity contribution in [3.05, 3.63) is 28.3 Å². The van der Waals surface area contributed by atoms with Crippen LogP contribution >= 0.6 is 0 Å². The molecular weight excluding hydrogens is 274 g/mol. The number of rotatable bonds is 6. The van der Waals surface area contributed by atoms with Gasteiger partial charge in [-0.1, -0.05) is 6.92 Å². The van der Waals surface area contributed by atoms with Crippen molar-refractivity contribution in [1.29, 1.82) is 0 Å². The highest BCUT2D eigenvalue weighted by Gasteiger charge is 2.19. The Bertz CT molecular complexity index is 485. The normalized spacial score (nSPS) is 16.6. The third kappa shape index (κ3) is 3.83. The molecule has 1 aliphatic rings. The van der Waals surface area contributed by atoms with Gasteiger partial charge in [-0.2, -0.15) is 0 Å². The standard InChI is InChI=1S/C14H21N3O4/c1-2-11(10-18)15-13-9-12(3-4-14(13)17(19)20)16-5-7-21-8-6-16/h3-4,9,11,15,18H,2,5-8,10H2,1H3/t11-/m0/s1. The first-order valence-electron chi connectivity index (χ1n) is 7.14. The van der Waals surface area contributed by atoms with Crippen LogP contribution in [0.1, 0.15) is 13.3 Å². The summed E-state index contributed by atoms with van der Waals surface area (Å²) in [6, 6.07) is 4.86. The summed E-state index contributed by atoms with van der Waals surface area (Å²) in [4.78, 5) is 12.9. The number of nitrogens with one attached hydrogen (secondary N) is 1. The van der Waals surface area contributed by atoms with E-state index in [0.29, 0.717) is 25.3 Å². The molecule has 2 N–H and O–H groups in total. The van der Waals surface area contributed by atoms with Gasteiger partial charge in [0.25, 0.3) is 5.69 Å². The van der Waals surface area contributed by atoms with Gasteiger partial charge in [0.2, 0.25) is 0 Å². The van der Waals surface area contributed by atoms with Gasteiger partial charge in [-0.15, -0.1) is 0 Å². The number of morpholine rings is 1. The molecule has 1 aliphatic heterocycles. The first-order chi connectivity index (χ1) is 10.2. The molecule has 0 saturated carbocycles. The van der Waals surface area contributed by atoms with Crippen molar-refractivity contribution in [2.75, 3.05) is 43.1 Å². The van der Waals surface area contributed by atoms with Crippen LogP contribution in [-0.2, 0) is 4.74 Å². The number of nitrogens with zero attached hydrogens (tertiary/aromatic N) is 2. The van der Waals surface area contributed by atoms with E-state index >= 15 is 0 Å². The topological polar surface area (TPSA) is 87.9 Å². The van der Waals surface area contributed by atoms with Gasteiger partial charge in [0, 0.05) is 30.9 Å². The lowest BCUT2D eigenvalue weighted by Crippen LogP contribution is -2.36. The van der Waals surface area contributed by atoms with E-state index in [4.69, 9.17) is 4.74 Å². The molecule has 0 radical (unpaired) electrons. The Hall–Kier alpha value is -1.86. The molecule has 0 aliphatic carbocycles. The fraction of sp³-hybridized carbons (Fsp3) is 0.571. The number of nitro groups is 1. The Kier molecular flexibility index (Phi) is 5.35. The molecule has 1 fully saturated rings. The SMILES string of the molecule is CC[C@@H](CO)Nc1cc(N2CCOCC2)ccc1[N+](=O)[O-]. The molecule has 1 atom stereocenters. The van der Waals surface area contributed by atoms with E-state index < -0.39 is 4.92 Å². The second-order valence-corrected chi connectivity index (χ2v) is 4.99. The van der Waals surface area contributed by atoms with Crippen LogP contribution in [-0.4, -0.2) is 49.0 Å². The van der Waals surface area contributed by atoms with Crippen LogP contribution in [0.5, 0.6) is 0 Å². The number of aliphatic hydroxyl groups is 1. The van der Waals surface area contributed by atoms with E-state index in [9.17, 15) is 15.2 Å². The predicted octanol–water partition coefficient (Wildman–Crippen LogP) is 1.61. The Morgan fingerprint density at radius 3 is 2.76 bits per heavy atom. The minimum Gasteiger partial charge on any atom is -0.394 e. The van der Waals surface area contributed by atoms with Gasteiger partial charge in [0.05, 0.1) is 24.7 Å². The fourth-order valence-corrected chi connectivity index (χ4v) is 2.31. The van der Waals surface area contributed by atoms with Crippen LogP contribution < -0.4 is 10.2 Å². The van der Waals surface area contributed by atoms with E-state index in [1.807, 2.05) is 6.92 Å². The molecule has 1 saturated heterocycles. The van der Waals surface area contributed by atoms with Crippen molar-refractivity contribution >= 4 is 17.1 Å². The molecule has 1 aromatic rings. The smallest absolute Gasteiger partial charge is 0.292 e. The predicted molar refractivity (Wildman–Crippen MR) is 80.9 cm³/mol. The number of anilines is 2. The quantitative estimate of drug-likeness (QED) is 0.612. The number of hydrogen-bond acceptors (Lipinski definition) is 6. The molecule has 0 amide bonds. The van der Waals surface area contributed by atoms with Crippen LogP contribution in [0.3, 0.4) is 0 Å². The van der Waals surface area contributed by atoms with Gasteiger partial charge in [-0.3, -0.25) is 10.1 Å². The van der Waals surface area contributed by atoms with Crippen molar-refractivity contribution < 1.29 is 14.8 Å². The van der Waals surface area contributed by atoms with Crippen LogP contribution in [0.15, 0.2) is 18.2 Å². The van der Waals surface area contributed by atoms with Gasteiger partial charge in [-0.25, -0.2) is 0 Å². The maximum atomic E-state index is 11.1. The molecular formula is C14H21N3O4. The highest BCUT2D eigenvalue weighted by molar-refractivity contribution is 5.69. The Labute approximate surface area is 123 Å². The van der Waals surface area contributed by atoms with Crippen LogP contribution in [0.25, 0.3) is 0 Å². The van der Waals surface area contributed by atoms with Gasteiger partial charge in [0.15, 0.2) is 0 Å².